The van der Waals surface area contributed by atoms with E-state index in [0.29, 0.717) is 41.4 Å². The molecule has 6 nitrogen and oxygen atoms in total. The SMILES string of the molecule is CCCCCOc1ccc(/C=C(/C=CC(=O)O)c2cccc(C(=O)OC)c2)cc1OCCCCC. The lowest BCUT2D eigenvalue weighted by Crippen LogP contribution is -2.03. The number of hydrogen-bond acceptors (Lipinski definition) is 5. The molecular weight excluding hydrogens is 444 g/mol. The zero-order valence-corrected chi connectivity index (χ0v) is 20.9. The van der Waals surface area contributed by atoms with Gasteiger partial charge in [0.15, 0.2) is 11.5 Å². The monoisotopic (exact) mass is 480 g/mol. The number of carboxylic acids is 1. The molecule has 0 saturated heterocycles. The van der Waals surface area contributed by atoms with Crippen LogP contribution in [0.1, 0.15) is 73.9 Å². The number of aliphatic carboxylic acids is 1. The molecule has 0 bridgehead atoms. The van der Waals surface area contributed by atoms with Crippen molar-refractivity contribution in [3.8, 4) is 11.5 Å². The zero-order chi connectivity index (χ0) is 25.5. The molecule has 0 spiro atoms. The predicted octanol–water partition coefficient (Wildman–Crippen LogP) is 6.79. The summed E-state index contributed by atoms with van der Waals surface area (Å²) in [5.41, 5.74) is 2.53. The third-order valence-corrected chi connectivity index (χ3v) is 5.32. The van der Waals surface area contributed by atoms with Crippen LogP contribution in [0.15, 0.2) is 54.6 Å². The second-order valence-corrected chi connectivity index (χ2v) is 8.16. The lowest BCUT2D eigenvalue weighted by Gasteiger charge is -2.14. The Balaban J connectivity index is 2.41. The van der Waals surface area contributed by atoms with Gasteiger partial charge in [0.05, 0.1) is 25.9 Å². The number of unbranched alkanes of at least 4 members (excludes halogenated alkanes) is 4. The highest BCUT2D eigenvalue weighted by Gasteiger charge is 2.10. The van der Waals surface area contributed by atoms with Gasteiger partial charge >= 0.3 is 11.9 Å². The summed E-state index contributed by atoms with van der Waals surface area (Å²) in [6.45, 7) is 5.52. The number of esters is 1. The molecule has 1 N–H and O–H groups in total. The van der Waals surface area contributed by atoms with Crippen molar-refractivity contribution >= 4 is 23.6 Å². The molecule has 0 heterocycles. The average molecular weight is 481 g/mol. The van der Waals surface area contributed by atoms with Crippen molar-refractivity contribution in [1.29, 1.82) is 0 Å². The Bertz CT molecular complexity index is 1020. The van der Waals surface area contributed by atoms with E-state index in [0.717, 1.165) is 50.2 Å². The average Bonchev–Trinajstić information content (AvgIpc) is 2.87. The second-order valence-electron chi connectivity index (χ2n) is 8.16. The smallest absolute Gasteiger partial charge is 0.337 e. The molecule has 2 rings (SSSR count). The summed E-state index contributed by atoms with van der Waals surface area (Å²) < 4.78 is 16.9. The molecule has 6 heteroatoms. The molecule has 0 aromatic heterocycles. The van der Waals surface area contributed by atoms with E-state index in [1.165, 1.54) is 13.2 Å². The van der Waals surface area contributed by atoms with Gasteiger partial charge in [0, 0.05) is 6.08 Å². The van der Waals surface area contributed by atoms with Crippen molar-refractivity contribution < 1.29 is 28.9 Å². The van der Waals surface area contributed by atoms with Crippen LogP contribution < -0.4 is 9.47 Å². The quantitative estimate of drug-likeness (QED) is 0.0993. The summed E-state index contributed by atoms with van der Waals surface area (Å²) in [7, 11) is 1.32. The van der Waals surface area contributed by atoms with Crippen LogP contribution in [0.5, 0.6) is 11.5 Å². The van der Waals surface area contributed by atoms with E-state index >= 15 is 0 Å². The van der Waals surface area contributed by atoms with E-state index in [9.17, 15) is 14.7 Å². The van der Waals surface area contributed by atoms with Crippen LogP contribution in [0.3, 0.4) is 0 Å². The zero-order valence-electron chi connectivity index (χ0n) is 20.9. The molecule has 0 aliphatic carbocycles. The van der Waals surface area contributed by atoms with Crippen molar-refractivity contribution in [2.24, 2.45) is 0 Å². The van der Waals surface area contributed by atoms with Gasteiger partial charge in [-0.3, -0.25) is 0 Å². The van der Waals surface area contributed by atoms with Crippen LogP contribution >= 0.6 is 0 Å². The Hall–Kier alpha value is -3.54. The number of carbonyl (C=O) groups is 2. The number of carboxylic acid groups (broad SMARTS) is 1. The van der Waals surface area contributed by atoms with Crippen LogP contribution in [0.25, 0.3) is 11.6 Å². The number of methoxy groups -OCH3 is 1. The largest absolute Gasteiger partial charge is 0.490 e. The Labute approximate surface area is 208 Å². The molecule has 2 aromatic carbocycles. The number of allylic oxidation sites excluding steroid dienone is 2. The van der Waals surface area contributed by atoms with Crippen LogP contribution in [-0.4, -0.2) is 37.4 Å². The maximum Gasteiger partial charge on any atom is 0.337 e. The topological polar surface area (TPSA) is 82.1 Å². The van der Waals surface area contributed by atoms with Gasteiger partial charge in [-0.15, -0.1) is 0 Å². The van der Waals surface area contributed by atoms with Crippen molar-refractivity contribution in [3.63, 3.8) is 0 Å². The first-order valence-electron chi connectivity index (χ1n) is 12.2. The number of benzene rings is 2. The minimum Gasteiger partial charge on any atom is -0.490 e. The van der Waals surface area contributed by atoms with E-state index in [1.54, 1.807) is 18.2 Å². The van der Waals surface area contributed by atoms with E-state index in [1.807, 2.05) is 30.3 Å². The van der Waals surface area contributed by atoms with Crippen LogP contribution in [0.2, 0.25) is 0 Å². The van der Waals surface area contributed by atoms with Gasteiger partial charge < -0.3 is 19.3 Å². The highest BCUT2D eigenvalue weighted by atomic mass is 16.5. The van der Waals surface area contributed by atoms with Crippen LogP contribution in [-0.2, 0) is 9.53 Å². The Morgan fingerprint density at radius 3 is 2.11 bits per heavy atom. The summed E-state index contributed by atoms with van der Waals surface area (Å²) >= 11 is 0. The van der Waals surface area contributed by atoms with Crippen molar-refractivity contribution in [3.05, 3.63) is 71.3 Å². The fraction of sp³-hybridized carbons (Fsp3) is 0.379. The summed E-state index contributed by atoms with van der Waals surface area (Å²) in [5.74, 6) is -0.155. The van der Waals surface area contributed by atoms with Crippen molar-refractivity contribution in [2.45, 2.75) is 52.4 Å². The first-order valence-corrected chi connectivity index (χ1v) is 12.2. The van der Waals surface area contributed by atoms with Crippen LogP contribution in [0.4, 0.5) is 0 Å². The number of ether oxygens (including phenoxy) is 3. The second kappa shape index (κ2) is 15.4. The van der Waals surface area contributed by atoms with Crippen LogP contribution in [0, 0.1) is 0 Å². The molecule has 2 aromatic rings. The highest BCUT2D eigenvalue weighted by Crippen LogP contribution is 2.31. The van der Waals surface area contributed by atoms with Gasteiger partial charge in [-0.05, 0) is 66.0 Å². The maximum absolute atomic E-state index is 12.0. The molecule has 35 heavy (non-hydrogen) atoms. The van der Waals surface area contributed by atoms with Crippen molar-refractivity contribution in [1.82, 2.24) is 0 Å². The maximum atomic E-state index is 12.0. The Kier molecular flexibility index (Phi) is 12.2. The predicted molar refractivity (Wildman–Crippen MR) is 139 cm³/mol. The van der Waals surface area contributed by atoms with Gasteiger partial charge in [0.25, 0.3) is 0 Å². The molecule has 0 unspecified atom stereocenters. The molecule has 0 aliphatic heterocycles. The summed E-state index contributed by atoms with van der Waals surface area (Å²) in [5, 5.41) is 9.17. The fourth-order valence-corrected chi connectivity index (χ4v) is 3.43. The fourth-order valence-electron chi connectivity index (χ4n) is 3.43. The summed E-state index contributed by atoms with van der Waals surface area (Å²) in [6.07, 6.45) is 10.8. The lowest BCUT2D eigenvalue weighted by molar-refractivity contribution is -0.131. The van der Waals surface area contributed by atoms with Gasteiger partial charge in [-0.1, -0.05) is 57.7 Å². The molecule has 0 saturated carbocycles. The summed E-state index contributed by atoms with van der Waals surface area (Å²) in [6, 6.07) is 12.6. The van der Waals surface area contributed by atoms with Crippen molar-refractivity contribution in [2.75, 3.05) is 20.3 Å². The van der Waals surface area contributed by atoms with E-state index in [2.05, 4.69) is 13.8 Å². The third kappa shape index (κ3) is 9.69. The van der Waals surface area contributed by atoms with E-state index < -0.39 is 11.9 Å². The normalized spacial score (nSPS) is 11.5. The van der Waals surface area contributed by atoms with Gasteiger partial charge in [-0.25, -0.2) is 9.59 Å². The number of carbonyl (C=O) groups excluding carboxylic acids is 1. The summed E-state index contributed by atoms with van der Waals surface area (Å²) in [4.78, 5) is 23.2. The van der Waals surface area contributed by atoms with Gasteiger partial charge in [0.2, 0.25) is 0 Å². The number of rotatable bonds is 15. The van der Waals surface area contributed by atoms with Gasteiger partial charge in [-0.2, -0.15) is 0 Å². The highest BCUT2D eigenvalue weighted by molar-refractivity contribution is 5.95. The molecule has 0 radical (unpaired) electrons. The Morgan fingerprint density at radius 2 is 1.49 bits per heavy atom. The first-order chi connectivity index (χ1) is 17.0. The Morgan fingerprint density at radius 1 is 0.829 bits per heavy atom. The molecule has 0 atom stereocenters. The first kappa shape index (κ1) is 27.7. The van der Waals surface area contributed by atoms with Gasteiger partial charge in [0.1, 0.15) is 0 Å². The molecule has 188 valence electrons. The standard InChI is InChI=1S/C29H36O6/c1-4-6-8-17-34-26-15-13-22(20-27(26)35-18-9-7-5-2)19-24(14-16-28(30)31)23-11-10-12-25(21-23)29(32)33-3/h10-16,19-21H,4-9,17-18H2,1-3H3,(H,30,31)/b16-14?,24-19-. The molecule has 0 aliphatic rings. The minimum atomic E-state index is -1.06. The molecular formula is C29H36O6. The minimum absolute atomic E-state index is 0.385. The van der Waals surface area contributed by atoms with E-state index in [-0.39, 0.29) is 0 Å². The van der Waals surface area contributed by atoms with E-state index in [4.69, 9.17) is 14.2 Å². The lowest BCUT2D eigenvalue weighted by atomic mass is 10.00. The number of hydrogen-bond donors (Lipinski definition) is 1. The third-order valence-electron chi connectivity index (χ3n) is 5.32. The molecule has 0 fully saturated rings. The molecule has 0 amide bonds.